The average Bonchev–Trinajstić information content (AvgIpc) is 2.31. The molecule has 0 radical (unpaired) electrons. The summed E-state index contributed by atoms with van der Waals surface area (Å²) < 4.78 is 39.7. The molecule has 0 atom stereocenters. The first-order valence-electron chi connectivity index (χ1n) is 5.16. The van der Waals surface area contributed by atoms with Crippen molar-refractivity contribution in [3.63, 3.8) is 0 Å². The lowest BCUT2D eigenvalue weighted by molar-refractivity contribution is -0.167. The van der Waals surface area contributed by atoms with Crippen molar-refractivity contribution in [3.8, 4) is 0 Å². The number of para-hydroxylation sites is 1. The number of aryl methyl sites for hydroxylation is 1. The molecule has 1 amide bonds. The van der Waals surface area contributed by atoms with Gasteiger partial charge in [-0.3, -0.25) is 9.59 Å². The molecule has 1 rings (SSSR count). The Morgan fingerprint density at radius 2 is 1.68 bits per heavy atom. The van der Waals surface area contributed by atoms with Gasteiger partial charge in [-0.25, -0.2) is 0 Å². The Balaban J connectivity index is 0.000000555. The van der Waals surface area contributed by atoms with Crippen molar-refractivity contribution in [2.24, 2.45) is 0 Å². The van der Waals surface area contributed by atoms with E-state index in [1.807, 2.05) is 0 Å². The number of benzene rings is 1. The minimum atomic E-state index is -4.84. The van der Waals surface area contributed by atoms with Gasteiger partial charge in [-0.05, 0) is 18.6 Å². The number of hydrogen-bond acceptors (Lipinski definition) is 3. The largest absolute Gasteiger partial charge is 0.471 e. The molecule has 0 saturated heterocycles. The molecule has 0 unspecified atom stereocenters. The number of halogens is 3. The van der Waals surface area contributed by atoms with Crippen molar-refractivity contribution in [2.45, 2.75) is 20.0 Å². The second-order valence-electron chi connectivity index (χ2n) is 3.46. The van der Waals surface area contributed by atoms with Gasteiger partial charge >= 0.3 is 18.1 Å². The number of anilines is 1. The zero-order chi connectivity index (χ0) is 15.1. The van der Waals surface area contributed by atoms with E-state index in [1.54, 1.807) is 30.4 Å². The van der Waals surface area contributed by atoms with Gasteiger partial charge in [0.1, 0.15) is 0 Å². The molecule has 7 heteroatoms. The average molecular weight is 277 g/mol. The molecular formula is C12H14F3NO3. The van der Waals surface area contributed by atoms with Crippen molar-refractivity contribution >= 4 is 17.6 Å². The SMILES string of the molecule is COC(C)=O.Cc1ccccc1NC(=O)C(F)(F)F. The molecule has 1 aromatic rings. The lowest BCUT2D eigenvalue weighted by atomic mass is 10.2. The molecule has 0 aliphatic rings. The van der Waals surface area contributed by atoms with E-state index in [1.165, 1.54) is 20.1 Å². The molecule has 0 saturated carbocycles. The maximum Gasteiger partial charge on any atom is 0.471 e. The van der Waals surface area contributed by atoms with Crippen LogP contribution in [0.25, 0.3) is 0 Å². The second kappa shape index (κ2) is 7.40. The van der Waals surface area contributed by atoms with E-state index in [4.69, 9.17) is 0 Å². The van der Waals surface area contributed by atoms with Gasteiger partial charge in [-0.2, -0.15) is 13.2 Å². The van der Waals surface area contributed by atoms with Gasteiger partial charge in [-0.1, -0.05) is 18.2 Å². The fourth-order valence-electron chi connectivity index (χ4n) is 0.906. The third kappa shape index (κ3) is 7.07. The van der Waals surface area contributed by atoms with Crippen molar-refractivity contribution in [2.75, 3.05) is 12.4 Å². The van der Waals surface area contributed by atoms with Crippen LogP contribution in [0.3, 0.4) is 0 Å². The van der Waals surface area contributed by atoms with Crippen molar-refractivity contribution in [1.29, 1.82) is 0 Å². The molecule has 1 aromatic carbocycles. The summed E-state index contributed by atoms with van der Waals surface area (Å²) in [7, 11) is 1.35. The number of nitrogens with one attached hydrogen (secondary N) is 1. The summed E-state index contributed by atoms with van der Waals surface area (Å²) in [6, 6.07) is 6.27. The summed E-state index contributed by atoms with van der Waals surface area (Å²) in [6.07, 6.45) is -4.84. The van der Waals surface area contributed by atoms with Crippen LogP contribution < -0.4 is 5.32 Å². The zero-order valence-electron chi connectivity index (χ0n) is 10.7. The molecule has 106 valence electrons. The minimum absolute atomic E-state index is 0.176. The predicted octanol–water partition coefficient (Wildman–Crippen LogP) is 2.68. The van der Waals surface area contributed by atoms with Crippen molar-refractivity contribution in [1.82, 2.24) is 0 Å². The predicted molar refractivity (Wildman–Crippen MR) is 63.6 cm³/mol. The lowest BCUT2D eigenvalue weighted by Crippen LogP contribution is -2.30. The Morgan fingerprint density at radius 1 is 1.21 bits per heavy atom. The summed E-state index contributed by atoms with van der Waals surface area (Å²) in [4.78, 5) is 20.1. The van der Waals surface area contributed by atoms with Crippen LogP contribution in [-0.2, 0) is 14.3 Å². The van der Waals surface area contributed by atoms with E-state index in [0.29, 0.717) is 5.56 Å². The van der Waals surface area contributed by atoms with E-state index in [0.717, 1.165) is 0 Å². The highest BCUT2D eigenvalue weighted by atomic mass is 19.4. The minimum Gasteiger partial charge on any atom is -0.469 e. The van der Waals surface area contributed by atoms with Gasteiger partial charge in [0.05, 0.1) is 7.11 Å². The van der Waals surface area contributed by atoms with Gasteiger partial charge in [0.2, 0.25) is 0 Å². The normalized spacial score (nSPS) is 10.0. The van der Waals surface area contributed by atoms with Crippen LogP contribution in [-0.4, -0.2) is 25.2 Å². The van der Waals surface area contributed by atoms with Gasteiger partial charge in [0.25, 0.3) is 0 Å². The first-order chi connectivity index (χ1) is 8.68. The molecule has 0 spiro atoms. The highest BCUT2D eigenvalue weighted by Gasteiger charge is 2.38. The van der Waals surface area contributed by atoms with Crippen molar-refractivity contribution < 1.29 is 27.5 Å². The molecule has 0 aromatic heterocycles. The molecule has 0 bridgehead atoms. The standard InChI is InChI=1S/C9H8F3NO.C3H6O2/c1-6-4-2-3-5-7(6)13-8(14)9(10,11)12;1-3(4)5-2/h2-5H,1H3,(H,13,14);1-2H3. The smallest absolute Gasteiger partial charge is 0.469 e. The highest BCUT2D eigenvalue weighted by molar-refractivity contribution is 5.95. The Morgan fingerprint density at radius 3 is 2.05 bits per heavy atom. The van der Waals surface area contributed by atoms with Crippen LogP contribution in [0.1, 0.15) is 12.5 Å². The Hall–Kier alpha value is -2.05. The third-order valence-electron chi connectivity index (χ3n) is 1.94. The molecule has 0 aliphatic heterocycles. The molecule has 0 heterocycles. The number of carbonyl (C=O) groups excluding carboxylic acids is 2. The maximum atomic E-state index is 11.9. The number of methoxy groups -OCH3 is 1. The van der Waals surface area contributed by atoms with Crippen LogP contribution in [0.5, 0.6) is 0 Å². The highest BCUT2D eigenvalue weighted by Crippen LogP contribution is 2.19. The van der Waals surface area contributed by atoms with Gasteiger partial charge in [0.15, 0.2) is 0 Å². The second-order valence-corrected chi connectivity index (χ2v) is 3.46. The van der Waals surface area contributed by atoms with Crippen LogP contribution in [0, 0.1) is 6.92 Å². The monoisotopic (exact) mass is 277 g/mol. The number of amides is 1. The number of hydrogen-bond donors (Lipinski definition) is 1. The quantitative estimate of drug-likeness (QED) is 0.803. The lowest BCUT2D eigenvalue weighted by Gasteiger charge is -2.09. The number of rotatable bonds is 1. The molecule has 4 nitrogen and oxygen atoms in total. The van der Waals surface area contributed by atoms with Crippen LogP contribution in [0.15, 0.2) is 24.3 Å². The summed E-state index contributed by atoms with van der Waals surface area (Å²) in [6.45, 7) is 2.98. The molecule has 0 aliphatic carbocycles. The molecule has 19 heavy (non-hydrogen) atoms. The van der Waals surface area contributed by atoms with Crippen LogP contribution >= 0.6 is 0 Å². The van der Waals surface area contributed by atoms with E-state index in [-0.39, 0.29) is 11.7 Å². The number of esters is 1. The molecule has 1 N–H and O–H groups in total. The summed E-state index contributed by atoms with van der Waals surface area (Å²) in [5.41, 5.74) is 0.764. The van der Waals surface area contributed by atoms with Gasteiger partial charge in [-0.15, -0.1) is 0 Å². The summed E-state index contributed by atoms with van der Waals surface area (Å²) in [5, 5.41) is 1.79. The van der Waals surface area contributed by atoms with Crippen LogP contribution in [0.2, 0.25) is 0 Å². The first kappa shape index (κ1) is 16.9. The van der Waals surface area contributed by atoms with E-state index in [9.17, 15) is 22.8 Å². The van der Waals surface area contributed by atoms with Gasteiger partial charge < -0.3 is 10.1 Å². The summed E-state index contributed by atoms with van der Waals surface area (Å²) >= 11 is 0. The van der Waals surface area contributed by atoms with E-state index < -0.39 is 12.1 Å². The number of carbonyl (C=O) groups is 2. The van der Waals surface area contributed by atoms with E-state index >= 15 is 0 Å². The first-order valence-corrected chi connectivity index (χ1v) is 5.16. The maximum absolute atomic E-state index is 11.9. The third-order valence-corrected chi connectivity index (χ3v) is 1.94. The number of alkyl halides is 3. The fourth-order valence-corrected chi connectivity index (χ4v) is 0.906. The van der Waals surface area contributed by atoms with Gasteiger partial charge in [0, 0.05) is 12.6 Å². The van der Waals surface area contributed by atoms with E-state index in [2.05, 4.69) is 4.74 Å². The molecular weight excluding hydrogens is 263 g/mol. The Kier molecular flexibility index (Phi) is 6.60. The Bertz CT molecular complexity index is 444. The number of ether oxygens (including phenoxy) is 1. The topological polar surface area (TPSA) is 55.4 Å². The van der Waals surface area contributed by atoms with Crippen molar-refractivity contribution in [3.05, 3.63) is 29.8 Å². The molecule has 0 fully saturated rings. The summed E-state index contributed by atoms with van der Waals surface area (Å²) in [5.74, 6) is -2.20. The zero-order valence-corrected chi connectivity index (χ0v) is 10.7. The fraction of sp³-hybridized carbons (Fsp3) is 0.333. The van der Waals surface area contributed by atoms with Crippen LogP contribution in [0.4, 0.5) is 18.9 Å². The Labute approximate surface area is 108 Å².